The van der Waals surface area contributed by atoms with E-state index in [-0.39, 0.29) is 5.78 Å². The molecule has 0 amide bonds. The zero-order chi connectivity index (χ0) is 15.1. The number of carbonyl (C=O) groups is 1. The number of hydrogen-bond acceptors (Lipinski definition) is 4. The molecule has 2 aromatic carbocycles. The van der Waals surface area contributed by atoms with Crippen LogP contribution in [0.15, 0.2) is 48.5 Å². The number of anilines is 1. The summed E-state index contributed by atoms with van der Waals surface area (Å²) < 4.78 is 11.1. The first kappa shape index (κ1) is 14.9. The van der Waals surface area contributed by atoms with Crippen LogP contribution in [-0.4, -0.2) is 19.0 Å². The van der Waals surface area contributed by atoms with Gasteiger partial charge in [-0.15, -0.1) is 0 Å². The monoisotopic (exact) mass is 285 g/mol. The minimum atomic E-state index is 0.133. The molecule has 0 spiro atoms. The molecule has 2 rings (SSSR count). The van der Waals surface area contributed by atoms with Crippen molar-refractivity contribution in [3.8, 4) is 11.5 Å². The molecule has 0 radical (unpaired) electrons. The van der Waals surface area contributed by atoms with Gasteiger partial charge >= 0.3 is 0 Å². The lowest BCUT2D eigenvalue weighted by atomic mass is 10.1. The smallest absolute Gasteiger partial charge is 0.162 e. The van der Waals surface area contributed by atoms with Crippen molar-refractivity contribution in [3.63, 3.8) is 0 Å². The van der Waals surface area contributed by atoms with E-state index in [0.29, 0.717) is 30.9 Å². The summed E-state index contributed by atoms with van der Waals surface area (Å²) >= 11 is 0. The number of ether oxygens (including phenoxy) is 2. The van der Waals surface area contributed by atoms with Gasteiger partial charge < -0.3 is 15.2 Å². The van der Waals surface area contributed by atoms with Crippen molar-refractivity contribution < 1.29 is 14.3 Å². The van der Waals surface area contributed by atoms with Crippen LogP contribution < -0.4 is 15.2 Å². The van der Waals surface area contributed by atoms with Crippen molar-refractivity contribution in [2.24, 2.45) is 0 Å². The fourth-order valence-corrected chi connectivity index (χ4v) is 1.82. The molecule has 0 unspecified atom stereocenters. The molecular weight excluding hydrogens is 266 g/mol. The molecule has 0 aliphatic rings. The zero-order valence-corrected chi connectivity index (χ0v) is 12.0. The highest BCUT2D eigenvalue weighted by Crippen LogP contribution is 2.15. The van der Waals surface area contributed by atoms with E-state index in [4.69, 9.17) is 15.2 Å². The van der Waals surface area contributed by atoms with E-state index in [1.807, 2.05) is 19.1 Å². The van der Waals surface area contributed by atoms with E-state index in [2.05, 4.69) is 0 Å². The zero-order valence-electron chi connectivity index (χ0n) is 12.0. The van der Waals surface area contributed by atoms with Gasteiger partial charge in [0.05, 0.1) is 0 Å². The maximum atomic E-state index is 11.5. The number of hydrogen-bond donors (Lipinski definition) is 1. The summed E-state index contributed by atoms with van der Waals surface area (Å²) in [5, 5.41) is 0. The van der Waals surface area contributed by atoms with Crippen molar-refractivity contribution in [1.29, 1.82) is 0 Å². The number of carbonyl (C=O) groups excluding carboxylic acids is 1. The molecule has 0 aromatic heterocycles. The van der Waals surface area contributed by atoms with Gasteiger partial charge in [-0.05, 0) is 48.5 Å². The van der Waals surface area contributed by atoms with Gasteiger partial charge in [-0.2, -0.15) is 0 Å². The Bertz CT molecular complexity index is 576. The molecule has 110 valence electrons. The molecule has 2 N–H and O–H groups in total. The summed E-state index contributed by atoms with van der Waals surface area (Å²) in [7, 11) is 0. The Morgan fingerprint density at radius 2 is 1.38 bits per heavy atom. The third-order valence-corrected chi connectivity index (χ3v) is 3.00. The van der Waals surface area contributed by atoms with Gasteiger partial charge in [0, 0.05) is 17.7 Å². The van der Waals surface area contributed by atoms with Crippen molar-refractivity contribution in [2.75, 3.05) is 18.9 Å². The van der Waals surface area contributed by atoms with E-state index in [1.54, 1.807) is 36.4 Å². The molecule has 21 heavy (non-hydrogen) atoms. The van der Waals surface area contributed by atoms with E-state index >= 15 is 0 Å². The molecule has 0 atom stereocenters. The lowest BCUT2D eigenvalue weighted by Crippen LogP contribution is -2.09. The van der Waals surface area contributed by atoms with E-state index < -0.39 is 0 Å². The third-order valence-electron chi connectivity index (χ3n) is 3.00. The number of ketones is 1. The number of rotatable bonds is 7. The van der Waals surface area contributed by atoms with Crippen LogP contribution in [-0.2, 0) is 0 Å². The van der Waals surface area contributed by atoms with Crippen molar-refractivity contribution in [1.82, 2.24) is 0 Å². The average Bonchev–Trinajstić information content (AvgIpc) is 2.53. The number of nitrogens with two attached hydrogens (primary N) is 1. The molecule has 0 fully saturated rings. The fraction of sp³-hybridized carbons (Fsp3) is 0.235. The molecular formula is C17H19NO3. The van der Waals surface area contributed by atoms with Crippen molar-refractivity contribution in [2.45, 2.75) is 13.3 Å². The molecule has 0 saturated carbocycles. The normalized spacial score (nSPS) is 10.1. The predicted molar refractivity (Wildman–Crippen MR) is 82.9 cm³/mol. The quantitative estimate of drug-likeness (QED) is 0.481. The van der Waals surface area contributed by atoms with Crippen LogP contribution in [0.4, 0.5) is 5.69 Å². The molecule has 0 bridgehead atoms. The highest BCUT2D eigenvalue weighted by molar-refractivity contribution is 5.95. The highest BCUT2D eigenvalue weighted by atomic mass is 16.5. The van der Waals surface area contributed by atoms with Crippen molar-refractivity contribution >= 4 is 11.5 Å². The second-order valence-electron chi connectivity index (χ2n) is 4.57. The SMILES string of the molecule is CCC(=O)c1ccc(OCCOc2ccc(N)cc2)cc1. The number of nitrogen functional groups attached to an aromatic ring is 1. The molecule has 0 aliphatic heterocycles. The third kappa shape index (κ3) is 4.53. The first-order chi connectivity index (χ1) is 10.2. The number of Topliss-reactive ketones (excluding diaryl/α,β-unsaturated/α-hetero) is 1. The summed E-state index contributed by atoms with van der Waals surface area (Å²) in [4.78, 5) is 11.5. The van der Waals surface area contributed by atoms with Crippen LogP contribution in [0, 0.1) is 0 Å². The summed E-state index contributed by atoms with van der Waals surface area (Å²) in [6.07, 6.45) is 0.510. The topological polar surface area (TPSA) is 61.5 Å². The van der Waals surface area contributed by atoms with Crippen molar-refractivity contribution in [3.05, 3.63) is 54.1 Å². The van der Waals surface area contributed by atoms with Gasteiger partial charge in [0.1, 0.15) is 24.7 Å². The highest BCUT2D eigenvalue weighted by Gasteiger charge is 2.02. The average molecular weight is 285 g/mol. The predicted octanol–water partition coefficient (Wildman–Crippen LogP) is 3.32. The van der Waals surface area contributed by atoms with Gasteiger partial charge in [-0.1, -0.05) is 6.92 Å². The standard InChI is InChI=1S/C17H19NO3/c1-2-17(19)13-3-7-15(8-4-13)20-11-12-21-16-9-5-14(18)6-10-16/h3-10H,2,11-12,18H2,1H3. The Labute approximate surface area is 124 Å². The van der Waals surface area contributed by atoms with Crippen LogP contribution >= 0.6 is 0 Å². The number of benzene rings is 2. The van der Waals surface area contributed by atoms with E-state index in [9.17, 15) is 4.79 Å². The lowest BCUT2D eigenvalue weighted by molar-refractivity contribution is 0.0988. The van der Waals surface area contributed by atoms with Gasteiger partial charge in [-0.25, -0.2) is 0 Å². The van der Waals surface area contributed by atoms with Gasteiger partial charge in [0.25, 0.3) is 0 Å². The largest absolute Gasteiger partial charge is 0.490 e. The fourth-order valence-electron chi connectivity index (χ4n) is 1.82. The van der Waals surface area contributed by atoms with E-state index in [0.717, 1.165) is 11.5 Å². The van der Waals surface area contributed by atoms with Crippen LogP contribution in [0.25, 0.3) is 0 Å². The minimum absolute atomic E-state index is 0.133. The van der Waals surface area contributed by atoms with Gasteiger partial charge in [-0.3, -0.25) is 4.79 Å². The van der Waals surface area contributed by atoms with Crippen LogP contribution in [0.5, 0.6) is 11.5 Å². The Balaban J connectivity index is 1.75. The summed E-state index contributed by atoms with van der Waals surface area (Å²) in [6.45, 7) is 2.73. The van der Waals surface area contributed by atoms with Crippen LogP contribution in [0.2, 0.25) is 0 Å². The summed E-state index contributed by atoms with van der Waals surface area (Å²) in [5.74, 6) is 1.62. The molecule has 0 aliphatic carbocycles. The Kier molecular flexibility index (Phi) is 5.21. The first-order valence-corrected chi connectivity index (χ1v) is 6.93. The Morgan fingerprint density at radius 3 is 1.86 bits per heavy atom. The molecule has 2 aromatic rings. The molecule has 0 heterocycles. The van der Waals surface area contributed by atoms with Crippen LogP contribution in [0.3, 0.4) is 0 Å². The van der Waals surface area contributed by atoms with Crippen LogP contribution in [0.1, 0.15) is 23.7 Å². The first-order valence-electron chi connectivity index (χ1n) is 6.93. The second kappa shape index (κ2) is 7.33. The second-order valence-corrected chi connectivity index (χ2v) is 4.57. The van der Waals surface area contributed by atoms with Gasteiger partial charge in [0.15, 0.2) is 5.78 Å². The maximum Gasteiger partial charge on any atom is 0.162 e. The van der Waals surface area contributed by atoms with Gasteiger partial charge in [0.2, 0.25) is 0 Å². The Hall–Kier alpha value is -2.49. The molecule has 4 nitrogen and oxygen atoms in total. The minimum Gasteiger partial charge on any atom is -0.490 e. The maximum absolute atomic E-state index is 11.5. The lowest BCUT2D eigenvalue weighted by Gasteiger charge is -2.09. The summed E-state index contributed by atoms with van der Waals surface area (Å²) in [5.41, 5.74) is 7.02. The molecule has 4 heteroatoms. The van der Waals surface area contributed by atoms with E-state index in [1.165, 1.54) is 0 Å². The molecule has 0 saturated heterocycles. The summed E-state index contributed by atoms with van der Waals surface area (Å²) in [6, 6.07) is 14.4. The Morgan fingerprint density at radius 1 is 0.905 bits per heavy atom.